The number of rotatable bonds is 4. The van der Waals surface area contributed by atoms with E-state index in [1.165, 1.54) is 0 Å². The number of carbonyl (C=O) groups is 1. The fourth-order valence-electron chi connectivity index (χ4n) is 3.19. The number of fused-ring (bicyclic) bond motifs is 1. The fourth-order valence-corrected chi connectivity index (χ4v) is 3.37. The van der Waals surface area contributed by atoms with Crippen LogP contribution in [0.15, 0.2) is 48.7 Å². The van der Waals surface area contributed by atoms with Crippen LogP contribution in [0.25, 0.3) is 0 Å². The van der Waals surface area contributed by atoms with Crippen molar-refractivity contribution >= 4 is 23.3 Å². The third-order valence-corrected chi connectivity index (χ3v) is 4.63. The lowest BCUT2D eigenvalue weighted by molar-refractivity contribution is 0.102. The Labute approximate surface area is 168 Å². The lowest BCUT2D eigenvalue weighted by Crippen LogP contribution is -2.24. The molecule has 0 aliphatic carbocycles. The van der Waals surface area contributed by atoms with Crippen molar-refractivity contribution in [1.82, 2.24) is 9.78 Å². The number of ether oxygens (including phenoxy) is 2. The van der Waals surface area contributed by atoms with Gasteiger partial charge in [0.25, 0.3) is 5.91 Å². The molecule has 0 bridgehead atoms. The summed E-state index contributed by atoms with van der Waals surface area (Å²) >= 11 is 6.07. The van der Waals surface area contributed by atoms with Crippen molar-refractivity contribution in [3.63, 3.8) is 0 Å². The molecule has 2 heterocycles. The van der Waals surface area contributed by atoms with Gasteiger partial charge in [-0.05, 0) is 44.2 Å². The first-order chi connectivity index (χ1) is 13.3. The van der Waals surface area contributed by atoms with E-state index in [2.05, 4.69) is 10.4 Å². The van der Waals surface area contributed by atoms with Gasteiger partial charge in [0, 0.05) is 41.9 Å². The minimum absolute atomic E-state index is 0.286. The van der Waals surface area contributed by atoms with Crippen LogP contribution in [0.2, 0.25) is 5.02 Å². The number of hydrogen-bond acceptors (Lipinski definition) is 4. The van der Waals surface area contributed by atoms with Crippen molar-refractivity contribution < 1.29 is 14.3 Å². The minimum atomic E-state index is -0.370. The number of amides is 1. The van der Waals surface area contributed by atoms with Gasteiger partial charge in [0.05, 0.1) is 0 Å². The average Bonchev–Trinajstić information content (AvgIpc) is 3.16. The Balaban J connectivity index is 1.69. The third kappa shape index (κ3) is 3.82. The maximum atomic E-state index is 12.8. The van der Waals surface area contributed by atoms with Gasteiger partial charge in [-0.1, -0.05) is 17.7 Å². The molecule has 2 aromatic carbocycles. The van der Waals surface area contributed by atoms with E-state index in [1.54, 1.807) is 48.3 Å². The second kappa shape index (κ2) is 6.87. The second-order valence-corrected chi connectivity index (χ2v) is 7.81. The molecule has 6 nitrogen and oxygen atoms in total. The van der Waals surface area contributed by atoms with Gasteiger partial charge in [0.15, 0.2) is 5.82 Å². The Hall–Kier alpha value is -2.99. The predicted octanol–water partition coefficient (Wildman–Crippen LogP) is 4.83. The van der Waals surface area contributed by atoms with Crippen molar-refractivity contribution in [2.75, 3.05) is 5.32 Å². The van der Waals surface area contributed by atoms with Gasteiger partial charge in [-0.25, -0.2) is 0 Å². The first kappa shape index (κ1) is 18.4. The van der Waals surface area contributed by atoms with Crippen molar-refractivity contribution in [2.24, 2.45) is 7.05 Å². The Morgan fingerprint density at radius 1 is 1.29 bits per heavy atom. The number of aryl methyl sites for hydroxylation is 1. The lowest BCUT2D eigenvalue weighted by Gasteiger charge is -2.16. The molecular formula is C21H20ClN3O3. The molecule has 1 aliphatic heterocycles. The van der Waals surface area contributed by atoms with Gasteiger partial charge in [0.2, 0.25) is 0 Å². The van der Waals surface area contributed by atoms with Crippen molar-refractivity contribution in [2.45, 2.75) is 25.9 Å². The number of halogens is 1. The van der Waals surface area contributed by atoms with Crippen LogP contribution in [0.3, 0.4) is 0 Å². The van der Waals surface area contributed by atoms with Crippen LogP contribution in [0.4, 0.5) is 5.82 Å². The molecule has 0 saturated heterocycles. The number of anilines is 1. The zero-order valence-corrected chi connectivity index (χ0v) is 16.6. The third-order valence-electron chi connectivity index (χ3n) is 4.40. The van der Waals surface area contributed by atoms with Crippen molar-refractivity contribution in [3.05, 3.63) is 64.8 Å². The highest BCUT2D eigenvalue weighted by molar-refractivity contribution is 6.30. The number of nitrogens with zero attached hydrogens (tertiary/aromatic N) is 2. The average molecular weight is 398 g/mol. The van der Waals surface area contributed by atoms with Crippen LogP contribution in [-0.2, 0) is 13.5 Å². The molecule has 3 aromatic rings. The van der Waals surface area contributed by atoms with Crippen LogP contribution >= 0.6 is 11.6 Å². The molecule has 1 aliphatic rings. The zero-order valence-electron chi connectivity index (χ0n) is 15.8. The van der Waals surface area contributed by atoms with Gasteiger partial charge in [-0.15, -0.1) is 0 Å². The van der Waals surface area contributed by atoms with E-state index in [0.29, 0.717) is 40.1 Å². The second-order valence-electron chi connectivity index (χ2n) is 7.38. The van der Waals surface area contributed by atoms with E-state index in [0.717, 1.165) is 5.56 Å². The first-order valence-electron chi connectivity index (χ1n) is 8.89. The van der Waals surface area contributed by atoms with Gasteiger partial charge < -0.3 is 14.8 Å². The number of carbonyl (C=O) groups excluding carboxylic acids is 1. The van der Waals surface area contributed by atoms with E-state index in [-0.39, 0.29) is 11.5 Å². The monoisotopic (exact) mass is 397 g/mol. The summed E-state index contributed by atoms with van der Waals surface area (Å²) in [5, 5.41) is 7.55. The fraction of sp³-hybridized carbons (Fsp3) is 0.238. The van der Waals surface area contributed by atoms with Gasteiger partial charge in [-0.3, -0.25) is 9.48 Å². The number of aromatic nitrogens is 2. The maximum absolute atomic E-state index is 12.8. The van der Waals surface area contributed by atoms with Gasteiger partial charge in [0.1, 0.15) is 22.8 Å². The smallest absolute Gasteiger partial charge is 0.257 e. The standard InChI is InChI=1S/C21H20ClN3O3/c1-21(2)12-16-17(27-15-6-4-5-14(22)11-15)9-13(10-18(16)28-21)20(26)23-19-7-8-25(3)24-19/h4-11H,12H2,1-3H3,(H,23,24,26). The highest BCUT2D eigenvalue weighted by Crippen LogP contribution is 2.43. The molecule has 1 aromatic heterocycles. The van der Waals surface area contributed by atoms with Crippen molar-refractivity contribution in [3.8, 4) is 17.2 Å². The summed E-state index contributed by atoms with van der Waals surface area (Å²) in [6.07, 6.45) is 2.44. The molecule has 7 heteroatoms. The summed E-state index contributed by atoms with van der Waals surface area (Å²) in [7, 11) is 1.79. The zero-order chi connectivity index (χ0) is 19.9. The minimum Gasteiger partial charge on any atom is -0.487 e. The molecule has 28 heavy (non-hydrogen) atoms. The molecular weight excluding hydrogens is 378 g/mol. The van der Waals surface area contributed by atoms with Crippen LogP contribution in [0.5, 0.6) is 17.2 Å². The quantitative estimate of drug-likeness (QED) is 0.684. The first-order valence-corrected chi connectivity index (χ1v) is 9.27. The molecule has 0 saturated carbocycles. The van der Waals surface area contributed by atoms with E-state index in [9.17, 15) is 4.79 Å². The topological polar surface area (TPSA) is 65.4 Å². The number of hydrogen-bond donors (Lipinski definition) is 1. The SMILES string of the molecule is Cn1ccc(NC(=O)c2cc(Oc3cccc(Cl)c3)c3c(c2)OC(C)(C)C3)n1. The maximum Gasteiger partial charge on any atom is 0.257 e. The summed E-state index contributed by atoms with van der Waals surface area (Å²) < 4.78 is 13.7. The van der Waals surface area contributed by atoms with E-state index in [1.807, 2.05) is 26.0 Å². The number of nitrogens with one attached hydrogen (secondary N) is 1. The predicted molar refractivity (Wildman–Crippen MR) is 108 cm³/mol. The Morgan fingerprint density at radius 3 is 2.82 bits per heavy atom. The Morgan fingerprint density at radius 2 is 2.11 bits per heavy atom. The largest absolute Gasteiger partial charge is 0.487 e. The Kier molecular flexibility index (Phi) is 4.51. The molecule has 0 radical (unpaired) electrons. The Bertz CT molecular complexity index is 1060. The lowest BCUT2D eigenvalue weighted by atomic mass is 9.99. The van der Waals surface area contributed by atoms with Crippen LogP contribution in [0, 0.1) is 0 Å². The molecule has 144 valence electrons. The highest BCUT2D eigenvalue weighted by atomic mass is 35.5. The van der Waals surface area contributed by atoms with Gasteiger partial charge in [-0.2, -0.15) is 5.10 Å². The van der Waals surface area contributed by atoms with E-state index < -0.39 is 0 Å². The molecule has 0 atom stereocenters. The molecule has 0 fully saturated rings. The van der Waals surface area contributed by atoms with Crippen LogP contribution < -0.4 is 14.8 Å². The summed E-state index contributed by atoms with van der Waals surface area (Å²) in [6.45, 7) is 4.01. The summed E-state index contributed by atoms with van der Waals surface area (Å²) in [5.74, 6) is 2.02. The van der Waals surface area contributed by atoms with Gasteiger partial charge >= 0.3 is 0 Å². The van der Waals surface area contributed by atoms with Crippen LogP contribution in [0.1, 0.15) is 29.8 Å². The van der Waals surface area contributed by atoms with Crippen molar-refractivity contribution in [1.29, 1.82) is 0 Å². The summed E-state index contributed by atoms with van der Waals surface area (Å²) in [6, 6.07) is 12.3. The summed E-state index contributed by atoms with van der Waals surface area (Å²) in [4.78, 5) is 12.8. The molecule has 4 rings (SSSR count). The molecule has 1 N–H and O–H groups in total. The molecule has 0 unspecified atom stereocenters. The van der Waals surface area contributed by atoms with E-state index >= 15 is 0 Å². The molecule has 0 spiro atoms. The summed E-state index contributed by atoms with van der Waals surface area (Å²) in [5.41, 5.74) is 0.990. The number of benzene rings is 2. The highest BCUT2D eigenvalue weighted by Gasteiger charge is 2.34. The molecule has 1 amide bonds. The van der Waals surface area contributed by atoms with E-state index in [4.69, 9.17) is 21.1 Å². The normalized spacial score (nSPS) is 14.3. The van der Waals surface area contributed by atoms with Crippen LogP contribution in [-0.4, -0.2) is 21.3 Å².